The molecule has 8 heteroatoms. The predicted octanol–water partition coefficient (Wildman–Crippen LogP) is 4.69. The van der Waals surface area contributed by atoms with Crippen molar-refractivity contribution in [2.24, 2.45) is 11.8 Å². The van der Waals surface area contributed by atoms with Gasteiger partial charge in [-0.05, 0) is 76.1 Å². The van der Waals surface area contributed by atoms with E-state index < -0.39 is 6.61 Å². The normalized spacial score (nSPS) is 28.8. The molecular weight excluding hydrogens is 400 g/mol. The summed E-state index contributed by atoms with van der Waals surface area (Å²) in [6, 6.07) is 4.67. The van der Waals surface area contributed by atoms with Crippen LogP contribution in [0.2, 0.25) is 0 Å². The second-order valence-electron chi connectivity index (χ2n) is 9.36. The van der Waals surface area contributed by atoms with E-state index in [0.717, 1.165) is 30.0 Å². The lowest BCUT2D eigenvalue weighted by atomic mass is 10.0. The largest absolute Gasteiger partial charge is 0.431 e. The van der Waals surface area contributed by atoms with E-state index in [9.17, 15) is 8.78 Å². The maximum absolute atomic E-state index is 12.7. The maximum Gasteiger partial charge on any atom is 0.387 e. The van der Waals surface area contributed by atoms with Gasteiger partial charge in [0.15, 0.2) is 11.6 Å². The molecule has 3 fully saturated rings. The standard InChI is InChI=1S/C23H31F2N5O/c1-3-13(2)30-19(21-16-9-15(10-17(16)21)29-6-4-5-7-29)11-18(28-30)14-8-20(31-23(24)25)22(26)27-12-14/h8,11-13,15-17,21,23H,3-7,9-10H2,1-2H3,(H2,26,27). The van der Waals surface area contributed by atoms with Gasteiger partial charge in [0.1, 0.15) is 0 Å². The van der Waals surface area contributed by atoms with Crippen LogP contribution in [0.15, 0.2) is 18.3 Å². The highest BCUT2D eigenvalue weighted by Gasteiger charge is 2.58. The lowest BCUT2D eigenvalue weighted by molar-refractivity contribution is -0.0494. The van der Waals surface area contributed by atoms with E-state index >= 15 is 0 Å². The van der Waals surface area contributed by atoms with Crippen molar-refractivity contribution in [3.8, 4) is 17.0 Å². The molecule has 2 aromatic heterocycles. The fraction of sp³-hybridized carbons (Fsp3) is 0.652. The number of ether oxygens (including phenoxy) is 1. The molecule has 168 valence electrons. The lowest BCUT2D eigenvalue weighted by Crippen LogP contribution is -2.31. The SMILES string of the molecule is CCC(C)n1nc(-c2cnc(N)c(OC(F)F)c2)cc1C1C2CC(N3CCCC3)CC21. The Bertz CT molecular complexity index is 930. The van der Waals surface area contributed by atoms with E-state index in [0.29, 0.717) is 11.5 Å². The Labute approximate surface area is 181 Å². The molecule has 3 unspecified atom stereocenters. The number of anilines is 1. The minimum Gasteiger partial charge on any atom is -0.431 e. The molecule has 6 nitrogen and oxygen atoms in total. The monoisotopic (exact) mass is 431 g/mol. The van der Waals surface area contributed by atoms with Crippen molar-refractivity contribution in [1.29, 1.82) is 0 Å². The minimum atomic E-state index is -2.94. The maximum atomic E-state index is 12.7. The van der Waals surface area contributed by atoms with Gasteiger partial charge in [-0.1, -0.05) is 6.92 Å². The second kappa shape index (κ2) is 8.04. The number of nitrogens with two attached hydrogens (primary N) is 1. The van der Waals surface area contributed by atoms with Crippen LogP contribution in [-0.4, -0.2) is 45.4 Å². The number of hydrogen-bond acceptors (Lipinski definition) is 5. The number of pyridine rings is 1. The predicted molar refractivity (Wildman–Crippen MR) is 115 cm³/mol. The Hall–Kier alpha value is -2.22. The molecule has 0 amide bonds. The van der Waals surface area contributed by atoms with Crippen LogP contribution in [0.25, 0.3) is 11.3 Å². The highest BCUT2D eigenvalue weighted by molar-refractivity contribution is 5.64. The zero-order chi connectivity index (χ0) is 21.7. The number of halogens is 2. The van der Waals surface area contributed by atoms with Gasteiger partial charge in [-0.25, -0.2) is 4.98 Å². The molecule has 2 N–H and O–H groups in total. The van der Waals surface area contributed by atoms with Crippen molar-refractivity contribution in [2.45, 2.75) is 70.6 Å². The van der Waals surface area contributed by atoms with E-state index in [1.165, 1.54) is 50.5 Å². The third-order valence-corrected chi connectivity index (χ3v) is 7.59. The number of aromatic nitrogens is 3. The molecule has 1 aliphatic heterocycles. The lowest BCUT2D eigenvalue weighted by Gasteiger charge is -2.25. The van der Waals surface area contributed by atoms with Crippen molar-refractivity contribution in [2.75, 3.05) is 18.8 Å². The summed E-state index contributed by atoms with van der Waals surface area (Å²) in [5, 5.41) is 4.87. The summed E-state index contributed by atoms with van der Waals surface area (Å²) >= 11 is 0. The first-order chi connectivity index (χ1) is 15.0. The molecular formula is C23H31F2N5O. The van der Waals surface area contributed by atoms with Gasteiger partial charge < -0.3 is 15.4 Å². The average molecular weight is 432 g/mol. The Morgan fingerprint density at radius 2 is 1.90 bits per heavy atom. The minimum absolute atomic E-state index is 0.0460. The average Bonchev–Trinajstić information content (AvgIpc) is 3.26. The van der Waals surface area contributed by atoms with Crippen LogP contribution in [-0.2, 0) is 0 Å². The summed E-state index contributed by atoms with van der Waals surface area (Å²) in [5.41, 5.74) is 8.36. The van der Waals surface area contributed by atoms with Gasteiger partial charge in [-0.15, -0.1) is 0 Å². The van der Waals surface area contributed by atoms with Crippen LogP contribution in [0, 0.1) is 11.8 Å². The van der Waals surface area contributed by atoms with Crippen molar-refractivity contribution in [3.05, 3.63) is 24.0 Å². The Balaban J connectivity index is 1.40. The molecule has 2 saturated carbocycles. The molecule has 3 heterocycles. The van der Waals surface area contributed by atoms with Crippen LogP contribution in [0.5, 0.6) is 5.75 Å². The summed E-state index contributed by atoms with van der Waals surface area (Å²) < 4.78 is 32.1. The number of alkyl halides is 2. The molecule has 31 heavy (non-hydrogen) atoms. The van der Waals surface area contributed by atoms with E-state index in [-0.39, 0.29) is 17.6 Å². The molecule has 1 saturated heterocycles. The second-order valence-corrected chi connectivity index (χ2v) is 9.36. The van der Waals surface area contributed by atoms with Gasteiger partial charge in [0.2, 0.25) is 0 Å². The molecule has 2 aliphatic carbocycles. The molecule has 3 aliphatic rings. The van der Waals surface area contributed by atoms with Crippen LogP contribution in [0.4, 0.5) is 14.6 Å². The summed E-state index contributed by atoms with van der Waals surface area (Å²) in [5.74, 6) is 1.87. The van der Waals surface area contributed by atoms with Crippen LogP contribution < -0.4 is 10.5 Å². The number of nitrogen functional groups attached to an aromatic ring is 1. The smallest absolute Gasteiger partial charge is 0.387 e. The van der Waals surface area contributed by atoms with Crippen LogP contribution in [0.3, 0.4) is 0 Å². The quantitative estimate of drug-likeness (QED) is 0.689. The highest BCUT2D eigenvalue weighted by Crippen LogP contribution is 2.64. The Morgan fingerprint density at radius 3 is 2.55 bits per heavy atom. The number of hydrogen-bond donors (Lipinski definition) is 1. The van der Waals surface area contributed by atoms with Crippen LogP contribution >= 0.6 is 0 Å². The van der Waals surface area contributed by atoms with Gasteiger partial charge in [0, 0.05) is 35.5 Å². The Morgan fingerprint density at radius 1 is 1.19 bits per heavy atom. The van der Waals surface area contributed by atoms with Gasteiger partial charge in [-0.3, -0.25) is 4.68 Å². The number of fused-ring (bicyclic) bond motifs is 1. The van der Waals surface area contributed by atoms with E-state index in [1.54, 1.807) is 6.20 Å². The van der Waals surface area contributed by atoms with Gasteiger partial charge in [0.25, 0.3) is 0 Å². The van der Waals surface area contributed by atoms with Gasteiger partial charge in [-0.2, -0.15) is 13.9 Å². The number of rotatable bonds is 7. The van der Waals surface area contributed by atoms with Crippen LogP contribution in [0.1, 0.15) is 63.6 Å². The molecule has 0 spiro atoms. The zero-order valence-corrected chi connectivity index (χ0v) is 18.2. The summed E-state index contributed by atoms with van der Waals surface area (Å²) in [6.45, 7) is 3.92. The molecule has 0 radical (unpaired) electrons. The first-order valence-corrected chi connectivity index (χ1v) is 11.5. The fourth-order valence-electron chi connectivity index (χ4n) is 5.77. The van der Waals surface area contributed by atoms with Crippen molar-refractivity contribution in [1.82, 2.24) is 19.7 Å². The highest BCUT2D eigenvalue weighted by atomic mass is 19.3. The summed E-state index contributed by atoms with van der Waals surface area (Å²) in [7, 11) is 0. The van der Waals surface area contributed by atoms with Gasteiger partial charge >= 0.3 is 6.61 Å². The molecule has 0 aromatic carbocycles. The topological polar surface area (TPSA) is 69.2 Å². The van der Waals surface area contributed by atoms with E-state index in [1.807, 2.05) is 0 Å². The first-order valence-electron chi connectivity index (χ1n) is 11.5. The molecule has 2 aromatic rings. The van der Waals surface area contributed by atoms with Gasteiger partial charge in [0.05, 0.1) is 5.69 Å². The molecule has 0 bridgehead atoms. The number of nitrogens with zero attached hydrogens (tertiary/aromatic N) is 4. The van der Waals surface area contributed by atoms with Crippen molar-refractivity contribution < 1.29 is 13.5 Å². The van der Waals surface area contributed by atoms with E-state index in [2.05, 4.69) is 39.2 Å². The molecule has 3 atom stereocenters. The zero-order valence-electron chi connectivity index (χ0n) is 18.2. The summed E-state index contributed by atoms with van der Waals surface area (Å²) in [4.78, 5) is 6.73. The van der Waals surface area contributed by atoms with E-state index in [4.69, 9.17) is 10.8 Å². The van der Waals surface area contributed by atoms with Crippen molar-refractivity contribution >= 4 is 5.82 Å². The third kappa shape index (κ3) is 3.79. The fourth-order valence-corrected chi connectivity index (χ4v) is 5.77. The first kappa shape index (κ1) is 20.7. The Kier molecular flexibility index (Phi) is 5.36. The van der Waals surface area contributed by atoms with Crippen molar-refractivity contribution in [3.63, 3.8) is 0 Å². The molecule has 5 rings (SSSR count). The summed E-state index contributed by atoms with van der Waals surface area (Å²) in [6.07, 6.45) is 7.81. The third-order valence-electron chi connectivity index (χ3n) is 7.59. The number of likely N-dealkylation sites (tertiary alicyclic amines) is 1.